The van der Waals surface area contributed by atoms with E-state index in [1.807, 2.05) is 18.2 Å². The first-order chi connectivity index (χ1) is 11.6. The second-order valence-corrected chi connectivity index (χ2v) is 6.54. The summed E-state index contributed by atoms with van der Waals surface area (Å²) in [5.41, 5.74) is 9.82. The topological polar surface area (TPSA) is 64.3 Å². The summed E-state index contributed by atoms with van der Waals surface area (Å²) in [5.74, 6) is 0.636. The van der Waals surface area contributed by atoms with Crippen LogP contribution < -0.4 is 15.8 Å². The van der Waals surface area contributed by atoms with Gasteiger partial charge in [0.25, 0.3) is 0 Å². The molecule has 6 heteroatoms. The van der Waals surface area contributed by atoms with Crippen molar-refractivity contribution < 1.29 is 9.53 Å². The van der Waals surface area contributed by atoms with E-state index < -0.39 is 0 Å². The fourth-order valence-electron chi connectivity index (χ4n) is 3.29. The highest BCUT2D eigenvalue weighted by atomic mass is 35.5. The number of carbonyl (C=O) groups is 1. The minimum atomic E-state index is -0.0368. The van der Waals surface area contributed by atoms with E-state index in [2.05, 4.69) is 5.32 Å². The van der Waals surface area contributed by atoms with Gasteiger partial charge in [-0.1, -0.05) is 17.7 Å². The van der Waals surface area contributed by atoms with Crippen LogP contribution in [0.25, 0.3) is 0 Å². The minimum Gasteiger partial charge on any atom is -0.496 e. The number of nitrogens with two attached hydrogens (primary N) is 1. The van der Waals surface area contributed by atoms with Crippen molar-refractivity contribution in [3.05, 3.63) is 58.1 Å². The van der Waals surface area contributed by atoms with Crippen LogP contribution in [-0.2, 0) is 17.6 Å². The Balaban J connectivity index is 0.00000225. The van der Waals surface area contributed by atoms with E-state index in [1.165, 1.54) is 11.1 Å². The van der Waals surface area contributed by atoms with Gasteiger partial charge in [0.2, 0.25) is 5.91 Å². The number of nitrogen functional groups attached to an aromatic ring is 1. The number of rotatable bonds is 4. The van der Waals surface area contributed by atoms with Gasteiger partial charge in [-0.3, -0.25) is 4.79 Å². The standard InChI is InChI=1S/C19H21ClN2O2.ClH/c1-24-18-8-5-14(20)9-13(18)11-19(23)22-17-4-2-3-12-10-15(21)6-7-16(12)17;/h5-10,17H,2-4,11,21H2,1H3,(H,22,23);1H. The fraction of sp³-hybridized carbons (Fsp3) is 0.316. The lowest BCUT2D eigenvalue weighted by Crippen LogP contribution is -2.32. The van der Waals surface area contributed by atoms with Crippen molar-refractivity contribution in [1.82, 2.24) is 5.32 Å². The Morgan fingerprint density at radius 1 is 1.32 bits per heavy atom. The molecule has 1 aliphatic rings. The highest BCUT2D eigenvalue weighted by Crippen LogP contribution is 2.31. The first kappa shape index (κ1) is 19.4. The van der Waals surface area contributed by atoms with Crippen molar-refractivity contribution in [2.75, 3.05) is 12.8 Å². The number of hydrogen-bond acceptors (Lipinski definition) is 3. The minimum absolute atomic E-state index is 0. The lowest BCUT2D eigenvalue weighted by Gasteiger charge is -2.27. The van der Waals surface area contributed by atoms with Crippen molar-refractivity contribution in [1.29, 1.82) is 0 Å². The summed E-state index contributed by atoms with van der Waals surface area (Å²) in [7, 11) is 1.59. The Kier molecular flexibility index (Phi) is 6.57. The van der Waals surface area contributed by atoms with Gasteiger partial charge in [-0.05, 0) is 60.7 Å². The number of amides is 1. The molecule has 1 amide bonds. The van der Waals surface area contributed by atoms with Crippen LogP contribution in [-0.4, -0.2) is 13.0 Å². The molecule has 1 atom stereocenters. The Labute approximate surface area is 159 Å². The molecule has 25 heavy (non-hydrogen) atoms. The zero-order valence-corrected chi connectivity index (χ0v) is 15.6. The van der Waals surface area contributed by atoms with Gasteiger partial charge in [0.15, 0.2) is 0 Å². The van der Waals surface area contributed by atoms with Crippen LogP contribution >= 0.6 is 24.0 Å². The van der Waals surface area contributed by atoms with Crippen molar-refractivity contribution in [2.45, 2.75) is 31.7 Å². The number of methoxy groups -OCH3 is 1. The van der Waals surface area contributed by atoms with Gasteiger partial charge in [-0.25, -0.2) is 0 Å². The molecule has 0 saturated carbocycles. The number of anilines is 1. The SMILES string of the molecule is COc1ccc(Cl)cc1CC(=O)NC1CCCc2cc(N)ccc21.Cl. The van der Waals surface area contributed by atoms with E-state index in [4.69, 9.17) is 22.1 Å². The van der Waals surface area contributed by atoms with Crippen LogP contribution in [0, 0.1) is 0 Å². The molecule has 0 aliphatic heterocycles. The van der Waals surface area contributed by atoms with E-state index >= 15 is 0 Å². The third-order valence-electron chi connectivity index (χ3n) is 4.41. The Bertz CT molecular complexity index is 765. The fourth-order valence-corrected chi connectivity index (χ4v) is 3.48. The molecule has 3 rings (SSSR count). The van der Waals surface area contributed by atoms with Crippen LogP contribution in [0.5, 0.6) is 5.75 Å². The summed E-state index contributed by atoms with van der Waals surface area (Å²) in [6.07, 6.45) is 3.23. The Morgan fingerprint density at radius 3 is 2.88 bits per heavy atom. The predicted molar refractivity (Wildman–Crippen MR) is 104 cm³/mol. The summed E-state index contributed by atoms with van der Waals surface area (Å²) in [6, 6.07) is 11.3. The van der Waals surface area contributed by atoms with Gasteiger partial charge in [0, 0.05) is 16.3 Å². The van der Waals surface area contributed by atoms with E-state index in [9.17, 15) is 4.79 Å². The molecule has 0 aromatic heterocycles. The molecule has 0 fully saturated rings. The Hall–Kier alpha value is -1.91. The summed E-state index contributed by atoms with van der Waals surface area (Å²) >= 11 is 6.03. The molecule has 0 saturated heterocycles. The average molecular weight is 381 g/mol. The van der Waals surface area contributed by atoms with Gasteiger partial charge in [-0.15, -0.1) is 12.4 Å². The molecule has 0 radical (unpaired) electrons. The van der Waals surface area contributed by atoms with Crippen LogP contribution in [0.3, 0.4) is 0 Å². The van der Waals surface area contributed by atoms with E-state index in [0.717, 1.165) is 30.5 Å². The van der Waals surface area contributed by atoms with Crippen LogP contribution in [0.4, 0.5) is 5.69 Å². The van der Waals surface area contributed by atoms with E-state index in [0.29, 0.717) is 10.8 Å². The monoisotopic (exact) mass is 380 g/mol. The van der Waals surface area contributed by atoms with Crippen molar-refractivity contribution in [3.63, 3.8) is 0 Å². The van der Waals surface area contributed by atoms with E-state index in [-0.39, 0.29) is 30.8 Å². The molecule has 1 aliphatic carbocycles. The second kappa shape index (κ2) is 8.45. The quantitative estimate of drug-likeness (QED) is 0.785. The molecular weight excluding hydrogens is 359 g/mol. The first-order valence-electron chi connectivity index (χ1n) is 8.07. The largest absolute Gasteiger partial charge is 0.496 e. The maximum absolute atomic E-state index is 12.5. The van der Waals surface area contributed by atoms with Crippen molar-refractivity contribution in [2.24, 2.45) is 0 Å². The number of benzene rings is 2. The molecule has 0 bridgehead atoms. The number of carbonyl (C=O) groups excluding carboxylic acids is 1. The number of halogens is 2. The maximum atomic E-state index is 12.5. The van der Waals surface area contributed by atoms with Crippen LogP contribution in [0.2, 0.25) is 5.02 Å². The predicted octanol–water partition coefficient (Wildman–Crippen LogP) is 4.09. The zero-order valence-electron chi connectivity index (χ0n) is 14.0. The number of nitrogens with one attached hydrogen (secondary N) is 1. The second-order valence-electron chi connectivity index (χ2n) is 6.10. The normalized spacial score (nSPS) is 15.7. The third kappa shape index (κ3) is 4.59. The molecule has 3 N–H and O–H groups in total. The molecule has 4 nitrogen and oxygen atoms in total. The number of fused-ring (bicyclic) bond motifs is 1. The van der Waals surface area contributed by atoms with Crippen molar-refractivity contribution in [3.8, 4) is 5.75 Å². The molecular formula is C19H22Cl2N2O2. The van der Waals surface area contributed by atoms with E-state index in [1.54, 1.807) is 25.3 Å². The lowest BCUT2D eigenvalue weighted by atomic mass is 9.87. The molecule has 134 valence electrons. The van der Waals surface area contributed by atoms with Crippen molar-refractivity contribution >= 4 is 35.6 Å². The van der Waals surface area contributed by atoms with Crippen LogP contribution in [0.1, 0.15) is 35.6 Å². The Morgan fingerprint density at radius 2 is 2.12 bits per heavy atom. The summed E-state index contributed by atoms with van der Waals surface area (Å²) in [5, 5.41) is 3.73. The summed E-state index contributed by atoms with van der Waals surface area (Å²) in [4.78, 5) is 12.5. The molecule has 2 aromatic rings. The van der Waals surface area contributed by atoms with Gasteiger partial charge in [0.1, 0.15) is 5.75 Å². The highest BCUT2D eigenvalue weighted by Gasteiger charge is 2.22. The highest BCUT2D eigenvalue weighted by molar-refractivity contribution is 6.30. The van der Waals surface area contributed by atoms with Gasteiger partial charge in [0.05, 0.1) is 19.6 Å². The van der Waals surface area contributed by atoms with Gasteiger partial charge < -0.3 is 15.8 Å². The van der Waals surface area contributed by atoms with Crippen LogP contribution in [0.15, 0.2) is 36.4 Å². The molecule has 0 heterocycles. The number of ether oxygens (including phenoxy) is 1. The van der Waals surface area contributed by atoms with Gasteiger partial charge in [-0.2, -0.15) is 0 Å². The number of aryl methyl sites for hydroxylation is 1. The summed E-state index contributed by atoms with van der Waals surface area (Å²) in [6.45, 7) is 0. The first-order valence-corrected chi connectivity index (χ1v) is 8.44. The number of hydrogen-bond donors (Lipinski definition) is 2. The lowest BCUT2D eigenvalue weighted by molar-refractivity contribution is -0.121. The zero-order chi connectivity index (χ0) is 17.1. The average Bonchev–Trinajstić information content (AvgIpc) is 2.55. The smallest absolute Gasteiger partial charge is 0.225 e. The summed E-state index contributed by atoms with van der Waals surface area (Å²) < 4.78 is 5.31. The third-order valence-corrected chi connectivity index (χ3v) is 4.65. The molecule has 0 spiro atoms. The molecule has 1 unspecified atom stereocenters. The maximum Gasteiger partial charge on any atom is 0.225 e. The van der Waals surface area contributed by atoms with Gasteiger partial charge >= 0.3 is 0 Å². The molecule has 2 aromatic carbocycles.